The predicted molar refractivity (Wildman–Crippen MR) is 136 cm³/mol. The van der Waals surface area contributed by atoms with Crippen LogP contribution in [-0.2, 0) is 6.54 Å². The summed E-state index contributed by atoms with van der Waals surface area (Å²) in [4.78, 5) is 31.0. The molecule has 0 radical (unpaired) electrons. The number of amides is 1. The first-order valence-electron chi connectivity index (χ1n) is 11.5. The molecule has 172 valence electrons. The summed E-state index contributed by atoms with van der Waals surface area (Å²) in [5, 5.41) is 8.44. The molecule has 0 spiro atoms. The Morgan fingerprint density at radius 2 is 1.50 bits per heavy atom. The van der Waals surface area contributed by atoms with Crippen molar-refractivity contribution in [3.8, 4) is 0 Å². The van der Waals surface area contributed by atoms with Crippen molar-refractivity contribution < 1.29 is 4.79 Å². The average Bonchev–Trinajstić information content (AvgIpc) is 2.87. The van der Waals surface area contributed by atoms with Crippen molar-refractivity contribution in [1.82, 2.24) is 14.7 Å². The van der Waals surface area contributed by atoms with E-state index in [1.54, 1.807) is 18.2 Å². The molecule has 34 heavy (non-hydrogen) atoms. The lowest BCUT2D eigenvalue weighted by Crippen LogP contribution is -2.44. The highest BCUT2D eigenvalue weighted by Gasteiger charge is 2.18. The number of carbonyl (C=O) groups excluding carboxylic acids is 1. The fourth-order valence-corrected chi connectivity index (χ4v) is 4.28. The number of hydrogen-bond acceptors (Lipinski definition) is 5. The normalized spacial score (nSPS) is 14.3. The standard InChI is InChI=1S/C27H27N5O2/c1-30-15-17-31(18-16-30)22-13-11-21(12-14-22)28-26(33)25-23-9-5-6-10-24(23)27(34)32(29-25)19-20-7-3-2-4-8-20/h2-14H,15-19H2,1H3,(H,28,33). The molecule has 1 aliphatic heterocycles. The fraction of sp³-hybridized carbons (Fsp3) is 0.222. The number of aromatic nitrogens is 2. The van der Waals surface area contributed by atoms with Crippen molar-refractivity contribution in [3.63, 3.8) is 0 Å². The minimum absolute atomic E-state index is 0.215. The number of fused-ring (bicyclic) bond motifs is 1. The van der Waals surface area contributed by atoms with E-state index in [2.05, 4.69) is 27.3 Å². The number of hydrogen-bond donors (Lipinski definition) is 1. The summed E-state index contributed by atoms with van der Waals surface area (Å²) in [6.07, 6.45) is 0. The van der Waals surface area contributed by atoms with Crippen LogP contribution in [0.5, 0.6) is 0 Å². The average molecular weight is 454 g/mol. The first kappa shape index (κ1) is 21.9. The predicted octanol–water partition coefficient (Wildman–Crippen LogP) is 3.45. The van der Waals surface area contributed by atoms with Crippen LogP contribution in [0.25, 0.3) is 10.8 Å². The SMILES string of the molecule is CN1CCN(c2ccc(NC(=O)c3nn(Cc4ccccc4)c(=O)c4ccccc34)cc2)CC1. The molecule has 7 nitrogen and oxygen atoms in total. The third-order valence-electron chi connectivity index (χ3n) is 6.25. The summed E-state index contributed by atoms with van der Waals surface area (Å²) < 4.78 is 1.36. The number of nitrogens with zero attached hydrogens (tertiary/aromatic N) is 4. The first-order valence-corrected chi connectivity index (χ1v) is 11.5. The van der Waals surface area contributed by atoms with Crippen molar-refractivity contribution in [2.24, 2.45) is 0 Å². The molecule has 1 fully saturated rings. The van der Waals surface area contributed by atoms with E-state index in [-0.39, 0.29) is 17.2 Å². The van der Waals surface area contributed by atoms with Gasteiger partial charge in [-0.25, -0.2) is 4.68 Å². The molecule has 0 bridgehead atoms. The van der Waals surface area contributed by atoms with Crippen molar-refractivity contribution in [3.05, 3.63) is 100 Å². The molecule has 1 amide bonds. The second-order valence-corrected chi connectivity index (χ2v) is 8.63. The van der Waals surface area contributed by atoms with Crippen LogP contribution in [0.4, 0.5) is 11.4 Å². The molecule has 0 unspecified atom stereocenters. The summed E-state index contributed by atoms with van der Waals surface area (Å²) in [6, 6.07) is 24.6. The van der Waals surface area contributed by atoms with E-state index >= 15 is 0 Å². The van der Waals surface area contributed by atoms with E-state index in [9.17, 15) is 9.59 Å². The molecule has 0 aliphatic carbocycles. The Morgan fingerprint density at radius 1 is 0.853 bits per heavy atom. The highest BCUT2D eigenvalue weighted by Crippen LogP contribution is 2.21. The third kappa shape index (κ3) is 4.56. The molecule has 1 N–H and O–H groups in total. The van der Waals surface area contributed by atoms with E-state index in [1.165, 1.54) is 4.68 Å². The number of nitrogens with one attached hydrogen (secondary N) is 1. The van der Waals surface area contributed by atoms with Crippen molar-refractivity contribution in [2.45, 2.75) is 6.54 Å². The zero-order valence-corrected chi connectivity index (χ0v) is 19.1. The van der Waals surface area contributed by atoms with Gasteiger partial charge in [0.15, 0.2) is 5.69 Å². The molecule has 1 aliphatic rings. The van der Waals surface area contributed by atoms with Gasteiger partial charge < -0.3 is 15.1 Å². The minimum Gasteiger partial charge on any atom is -0.369 e. The van der Waals surface area contributed by atoms with Crippen molar-refractivity contribution in [1.29, 1.82) is 0 Å². The summed E-state index contributed by atoms with van der Waals surface area (Å²) in [5.41, 5.74) is 2.79. The zero-order chi connectivity index (χ0) is 23.5. The minimum atomic E-state index is -0.342. The molecule has 4 aromatic rings. The Kier molecular flexibility index (Phi) is 6.10. The quantitative estimate of drug-likeness (QED) is 0.501. The van der Waals surface area contributed by atoms with Crippen LogP contribution in [0, 0.1) is 0 Å². The van der Waals surface area contributed by atoms with Gasteiger partial charge in [-0.15, -0.1) is 0 Å². The molecule has 0 atom stereocenters. The summed E-state index contributed by atoms with van der Waals surface area (Å²) in [6.45, 7) is 4.35. The third-order valence-corrected chi connectivity index (χ3v) is 6.25. The number of likely N-dealkylation sites (N-methyl/N-ethyl adjacent to an activating group) is 1. The van der Waals surface area contributed by atoms with Crippen LogP contribution in [0.1, 0.15) is 16.1 Å². The van der Waals surface area contributed by atoms with Crippen LogP contribution >= 0.6 is 0 Å². The molecule has 0 saturated carbocycles. The second-order valence-electron chi connectivity index (χ2n) is 8.63. The summed E-state index contributed by atoms with van der Waals surface area (Å²) >= 11 is 0. The molecule has 3 aromatic carbocycles. The van der Waals surface area contributed by atoms with Gasteiger partial charge in [-0.3, -0.25) is 9.59 Å². The number of benzene rings is 3. The van der Waals surface area contributed by atoms with Gasteiger partial charge in [-0.05, 0) is 42.9 Å². The number of anilines is 2. The maximum atomic E-state index is 13.3. The zero-order valence-electron chi connectivity index (χ0n) is 19.1. The van der Waals surface area contributed by atoms with Gasteiger partial charge in [0.2, 0.25) is 0 Å². The maximum absolute atomic E-state index is 13.3. The number of carbonyl (C=O) groups is 1. The fourth-order valence-electron chi connectivity index (χ4n) is 4.28. The van der Waals surface area contributed by atoms with Gasteiger partial charge in [0.25, 0.3) is 11.5 Å². The van der Waals surface area contributed by atoms with E-state index in [0.717, 1.165) is 37.4 Å². The van der Waals surface area contributed by atoms with Gasteiger partial charge in [-0.2, -0.15) is 5.10 Å². The number of piperazine rings is 1. The Balaban J connectivity index is 1.41. The van der Waals surface area contributed by atoms with Crippen molar-refractivity contribution >= 4 is 28.1 Å². The van der Waals surface area contributed by atoms with E-state index in [1.807, 2.05) is 60.7 Å². The maximum Gasteiger partial charge on any atom is 0.276 e. The lowest BCUT2D eigenvalue weighted by molar-refractivity contribution is 0.102. The lowest BCUT2D eigenvalue weighted by atomic mass is 10.1. The van der Waals surface area contributed by atoms with Gasteiger partial charge >= 0.3 is 0 Å². The van der Waals surface area contributed by atoms with Crippen LogP contribution in [0.3, 0.4) is 0 Å². The molecular weight excluding hydrogens is 426 g/mol. The largest absolute Gasteiger partial charge is 0.369 e. The summed E-state index contributed by atoms with van der Waals surface area (Å²) in [5.74, 6) is -0.342. The molecule has 7 heteroatoms. The Hall–Kier alpha value is -3.97. The molecule has 1 saturated heterocycles. The van der Waals surface area contributed by atoms with Gasteiger partial charge in [0.1, 0.15) is 0 Å². The Bertz CT molecular complexity index is 1360. The van der Waals surface area contributed by atoms with Gasteiger partial charge in [0.05, 0.1) is 11.9 Å². The molecule has 1 aromatic heterocycles. The topological polar surface area (TPSA) is 70.5 Å². The smallest absolute Gasteiger partial charge is 0.276 e. The second kappa shape index (κ2) is 9.49. The van der Waals surface area contributed by atoms with Crippen LogP contribution in [0.15, 0.2) is 83.7 Å². The lowest BCUT2D eigenvalue weighted by Gasteiger charge is -2.34. The number of rotatable bonds is 5. The molecule has 5 rings (SSSR count). The highest BCUT2D eigenvalue weighted by molar-refractivity contribution is 6.11. The van der Waals surface area contributed by atoms with Crippen molar-refractivity contribution in [2.75, 3.05) is 43.4 Å². The van der Waals surface area contributed by atoms with Crippen LogP contribution < -0.4 is 15.8 Å². The van der Waals surface area contributed by atoms with Gasteiger partial charge in [0, 0.05) is 42.9 Å². The van der Waals surface area contributed by atoms with E-state index in [0.29, 0.717) is 23.0 Å². The monoisotopic (exact) mass is 453 g/mol. The van der Waals surface area contributed by atoms with Crippen LogP contribution in [0.2, 0.25) is 0 Å². The Labute approximate surface area is 198 Å². The van der Waals surface area contributed by atoms with Crippen LogP contribution in [-0.4, -0.2) is 53.8 Å². The Morgan fingerprint density at radius 3 is 2.21 bits per heavy atom. The summed E-state index contributed by atoms with van der Waals surface area (Å²) in [7, 11) is 2.14. The van der Waals surface area contributed by atoms with E-state index in [4.69, 9.17) is 0 Å². The first-order chi connectivity index (χ1) is 16.6. The molecular formula is C27H27N5O2. The molecule has 2 heterocycles. The van der Waals surface area contributed by atoms with E-state index < -0.39 is 0 Å². The van der Waals surface area contributed by atoms with Gasteiger partial charge in [-0.1, -0.05) is 48.5 Å². The highest BCUT2D eigenvalue weighted by atomic mass is 16.2.